The Balaban J connectivity index is 2.87. The van der Waals surface area contributed by atoms with E-state index in [1.165, 1.54) is 13.1 Å². The van der Waals surface area contributed by atoms with Crippen molar-refractivity contribution in [1.82, 2.24) is 9.84 Å². The van der Waals surface area contributed by atoms with E-state index in [2.05, 4.69) is 12.0 Å². The topological polar surface area (TPSA) is 49.4 Å². The maximum absolute atomic E-state index is 12.0. The molecular formula is C9H8Cl2N2O2S. The SMILES string of the molecule is C=C1NN(C)S(=O)(=O)c2c1ccc(Cl)c2Cl. The molecule has 1 aliphatic heterocycles. The molecule has 4 nitrogen and oxygen atoms in total. The van der Waals surface area contributed by atoms with Gasteiger partial charge in [-0.25, -0.2) is 8.42 Å². The van der Waals surface area contributed by atoms with Gasteiger partial charge in [0.25, 0.3) is 10.0 Å². The maximum atomic E-state index is 12.0. The molecule has 86 valence electrons. The summed E-state index contributed by atoms with van der Waals surface area (Å²) in [5.41, 5.74) is 3.52. The minimum atomic E-state index is -3.66. The summed E-state index contributed by atoms with van der Waals surface area (Å²) in [7, 11) is -2.29. The number of nitrogens with one attached hydrogen (secondary N) is 1. The molecule has 1 heterocycles. The fourth-order valence-corrected chi connectivity index (χ4v) is 3.45. The fourth-order valence-electron chi connectivity index (χ4n) is 1.47. The fraction of sp³-hybridized carbons (Fsp3) is 0.111. The summed E-state index contributed by atoms with van der Waals surface area (Å²) in [5, 5.41) is 0.223. The van der Waals surface area contributed by atoms with Crippen molar-refractivity contribution in [2.45, 2.75) is 4.90 Å². The summed E-state index contributed by atoms with van der Waals surface area (Å²) in [4.78, 5) is -0.00656. The van der Waals surface area contributed by atoms with Crippen LogP contribution in [-0.4, -0.2) is 19.9 Å². The lowest BCUT2D eigenvalue weighted by Crippen LogP contribution is -2.42. The number of halogens is 2. The van der Waals surface area contributed by atoms with Gasteiger partial charge in [-0.3, -0.25) is 0 Å². The molecule has 0 saturated heterocycles. The van der Waals surface area contributed by atoms with Gasteiger partial charge in [0.1, 0.15) is 4.90 Å². The lowest BCUT2D eigenvalue weighted by atomic mass is 10.2. The number of fused-ring (bicyclic) bond motifs is 1. The van der Waals surface area contributed by atoms with E-state index in [-0.39, 0.29) is 14.9 Å². The molecule has 2 rings (SSSR count). The van der Waals surface area contributed by atoms with Gasteiger partial charge < -0.3 is 5.43 Å². The molecule has 7 heteroatoms. The van der Waals surface area contributed by atoms with Crippen molar-refractivity contribution in [3.05, 3.63) is 34.3 Å². The number of hydrogen-bond acceptors (Lipinski definition) is 3. The van der Waals surface area contributed by atoms with Gasteiger partial charge in [-0.15, -0.1) is 4.41 Å². The number of hydrogen-bond donors (Lipinski definition) is 1. The first kappa shape index (κ1) is 11.7. The average Bonchev–Trinajstić information content (AvgIpc) is 2.19. The summed E-state index contributed by atoms with van der Waals surface area (Å²) in [6.45, 7) is 3.72. The van der Waals surface area contributed by atoms with Crippen LogP contribution < -0.4 is 5.43 Å². The van der Waals surface area contributed by atoms with E-state index in [1.54, 1.807) is 6.07 Å². The second-order valence-corrected chi connectivity index (χ2v) is 5.99. The molecule has 16 heavy (non-hydrogen) atoms. The van der Waals surface area contributed by atoms with Gasteiger partial charge >= 0.3 is 0 Å². The highest BCUT2D eigenvalue weighted by Crippen LogP contribution is 2.37. The summed E-state index contributed by atoms with van der Waals surface area (Å²) >= 11 is 11.7. The highest BCUT2D eigenvalue weighted by atomic mass is 35.5. The zero-order valence-corrected chi connectivity index (χ0v) is 10.6. The van der Waals surface area contributed by atoms with Gasteiger partial charge in [0, 0.05) is 12.6 Å². The quantitative estimate of drug-likeness (QED) is 0.791. The summed E-state index contributed by atoms with van der Waals surface area (Å²) in [6.07, 6.45) is 0. The van der Waals surface area contributed by atoms with Crippen LogP contribution >= 0.6 is 23.2 Å². The van der Waals surface area contributed by atoms with Crippen molar-refractivity contribution >= 4 is 38.9 Å². The Kier molecular flexibility index (Phi) is 2.66. The molecular weight excluding hydrogens is 271 g/mol. The molecule has 0 fully saturated rings. The van der Waals surface area contributed by atoms with Crippen LogP contribution in [0.15, 0.2) is 23.6 Å². The molecule has 0 aromatic heterocycles. The van der Waals surface area contributed by atoms with E-state index in [0.29, 0.717) is 11.3 Å². The summed E-state index contributed by atoms with van der Waals surface area (Å²) in [6, 6.07) is 3.11. The standard InChI is InChI=1S/C9H8Cl2N2O2S/c1-5-6-3-4-7(10)8(11)9(6)16(14,15)13(2)12-5/h3-4,12H,1H2,2H3. The van der Waals surface area contributed by atoms with Crippen molar-refractivity contribution in [2.75, 3.05) is 7.05 Å². The predicted molar refractivity (Wildman–Crippen MR) is 63.6 cm³/mol. The number of rotatable bonds is 0. The lowest BCUT2D eigenvalue weighted by molar-refractivity contribution is 0.422. The van der Waals surface area contributed by atoms with Crippen LogP contribution in [0.2, 0.25) is 10.0 Å². The number of nitrogens with zero attached hydrogens (tertiary/aromatic N) is 1. The second kappa shape index (κ2) is 3.63. The molecule has 0 spiro atoms. The second-order valence-electron chi connectivity index (χ2n) is 3.30. The Morgan fingerprint density at radius 3 is 2.62 bits per heavy atom. The Hall–Kier alpha value is -0.750. The van der Waals surface area contributed by atoms with Crippen LogP contribution in [0.4, 0.5) is 0 Å². The number of hydrazine groups is 1. The smallest absolute Gasteiger partial charge is 0.261 e. The van der Waals surface area contributed by atoms with Crippen LogP contribution in [-0.2, 0) is 10.0 Å². The number of benzene rings is 1. The third-order valence-corrected chi connectivity index (χ3v) is 4.95. The van der Waals surface area contributed by atoms with Crippen LogP contribution in [0.25, 0.3) is 5.70 Å². The minimum Gasteiger partial charge on any atom is -0.305 e. The minimum absolute atomic E-state index is 0.00656. The van der Waals surface area contributed by atoms with Crippen LogP contribution in [0.3, 0.4) is 0 Å². The Bertz CT molecular complexity index is 583. The number of sulfonamides is 1. The first-order chi connectivity index (χ1) is 7.35. The van der Waals surface area contributed by atoms with Gasteiger partial charge in [0.15, 0.2) is 0 Å². The van der Waals surface area contributed by atoms with E-state index in [9.17, 15) is 8.42 Å². The third-order valence-electron chi connectivity index (χ3n) is 2.29. The van der Waals surface area contributed by atoms with E-state index in [0.717, 1.165) is 4.41 Å². The van der Waals surface area contributed by atoms with Crippen molar-refractivity contribution in [3.8, 4) is 0 Å². The van der Waals surface area contributed by atoms with Crippen molar-refractivity contribution in [3.63, 3.8) is 0 Å². The molecule has 0 atom stereocenters. The van der Waals surface area contributed by atoms with E-state index in [1.807, 2.05) is 0 Å². The zero-order valence-electron chi connectivity index (χ0n) is 8.29. The highest BCUT2D eigenvalue weighted by molar-refractivity contribution is 7.89. The van der Waals surface area contributed by atoms with Gasteiger partial charge in [-0.1, -0.05) is 29.8 Å². The Morgan fingerprint density at radius 1 is 1.38 bits per heavy atom. The Labute approximate surface area is 103 Å². The van der Waals surface area contributed by atoms with Crippen LogP contribution in [0, 0.1) is 0 Å². The molecule has 0 unspecified atom stereocenters. The maximum Gasteiger partial charge on any atom is 0.261 e. The van der Waals surface area contributed by atoms with E-state index in [4.69, 9.17) is 23.2 Å². The van der Waals surface area contributed by atoms with Crippen molar-refractivity contribution in [1.29, 1.82) is 0 Å². The molecule has 1 aromatic rings. The Morgan fingerprint density at radius 2 is 2.00 bits per heavy atom. The molecule has 0 bridgehead atoms. The molecule has 1 aromatic carbocycles. The van der Waals surface area contributed by atoms with E-state index < -0.39 is 10.0 Å². The third kappa shape index (κ3) is 1.51. The molecule has 0 radical (unpaired) electrons. The predicted octanol–water partition coefficient (Wildman–Crippen LogP) is 2.10. The monoisotopic (exact) mass is 278 g/mol. The molecule has 1 N–H and O–H groups in total. The first-order valence-corrected chi connectivity index (χ1v) is 6.48. The average molecular weight is 279 g/mol. The summed E-state index contributed by atoms with van der Waals surface area (Å²) < 4.78 is 25.0. The van der Waals surface area contributed by atoms with Gasteiger partial charge in [0.2, 0.25) is 0 Å². The lowest BCUT2D eigenvalue weighted by Gasteiger charge is -2.28. The van der Waals surface area contributed by atoms with Gasteiger partial charge in [-0.05, 0) is 12.1 Å². The van der Waals surface area contributed by atoms with Crippen molar-refractivity contribution in [2.24, 2.45) is 0 Å². The summed E-state index contributed by atoms with van der Waals surface area (Å²) in [5.74, 6) is 0. The van der Waals surface area contributed by atoms with Crippen LogP contribution in [0.1, 0.15) is 5.56 Å². The largest absolute Gasteiger partial charge is 0.305 e. The molecule has 1 aliphatic rings. The highest BCUT2D eigenvalue weighted by Gasteiger charge is 2.33. The van der Waals surface area contributed by atoms with Crippen molar-refractivity contribution < 1.29 is 8.42 Å². The molecule has 0 amide bonds. The zero-order chi connectivity index (χ0) is 12.1. The van der Waals surface area contributed by atoms with E-state index >= 15 is 0 Å². The first-order valence-electron chi connectivity index (χ1n) is 4.28. The van der Waals surface area contributed by atoms with Gasteiger partial charge in [-0.2, -0.15) is 0 Å². The normalized spacial score (nSPS) is 19.1. The molecule has 0 aliphatic carbocycles. The van der Waals surface area contributed by atoms with Crippen LogP contribution in [0.5, 0.6) is 0 Å². The van der Waals surface area contributed by atoms with Gasteiger partial charge in [0.05, 0.1) is 15.7 Å². The molecule has 0 saturated carbocycles.